The van der Waals surface area contributed by atoms with Crippen LogP contribution in [0.2, 0.25) is 0 Å². The lowest BCUT2D eigenvalue weighted by Crippen LogP contribution is -2.16. The largest absolute Gasteiger partial charge is 0.481 e. The van der Waals surface area contributed by atoms with Gasteiger partial charge in [0.1, 0.15) is 0 Å². The predicted octanol–water partition coefficient (Wildman–Crippen LogP) is 2.86. The average molecular weight is 261 g/mol. The summed E-state index contributed by atoms with van der Waals surface area (Å²) in [6.07, 6.45) is 1.53. The molecule has 4 heteroatoms. The van der Waals surface area contributed by atoms with Crippen LogP contribution >= 0.6 is 0 Å². The van der Waals surface area contributed by atoms with Gasteiger partial charge in [0.05, 0.1) is 11.8 Å². The zero-order valence-corrected chi connectivity index (χ0v) is 11.2. The Bertz CT molecular complexity index is 481. The molecule has 1 aliphatic carbocycles. The Hall–Kier alpha value is -1.84. The van der Waals surface area contributed by atoms with Gasteiger partial charge in [0.2, 0.25) is 5.91 Å². The highest BCUT2D eigenvalue weighted by atomic mass is 16.4. The molecule has 0 radical (unpaired) electrons. The summed E-state index contributed by atoms with van der Waals surface area (Å²) in [4.78, 5) is 22.5. The number of rotatable bonds is 5. The number of hydrogen-bond donors (Lipinski definition) is 2. The normalized spacial score (nSPS) is 22.6. The number of anilines is 1. The van der Waals surface area contributed by atoms with E-state index in [4.69, 9.17) is 5.11 Å². The van der Waals surface area contributed by atoms with Crippen LogP contribution in [0.4, 0.5) is 5.69 Å². The molecular weight excluding hydrogens is 242 g/mol. The molecule has 0 aromatic heterocycles. The van der Waals surface area contributed by atoms with Crippen molar-refractivity contribution in [3.8, 4) is 0 Å². The lowest BCUT2D eigenvalue weighted by Gasteiger charge is -2.10. The fraction of sp³-hybridized carbons (Fsp3) is 0.467. The zero-order valence-electron chi connectivity index (χ0n) is 11.2. The standard InChI is InChI=1S/C15H19NO3/c1-3-9(2)10-4-6-11(7-5-10)16-14(17)12-8-13(12)15(18)19/h4-7,9,12-13H,3,8H2,1-2H3,(H,16,17)(H,18,19). The van der Waals surface area contributed by atoms with Gasteiger partial charge in [-0.2, -0.15) is 0 Å². The SMILES string of the molecule is CCC(C)c1ccc(NC(=O)C2CC2C(=O)O)cc1. The van der Waals surface area contributed by atoms with Crippen molar-refractivity contribution >= 4 is 17.6 Å². The van der Waals surface area contributed by atoms with E-state index in [2.05, 4.69) is 19.2 Å². The summed E-state index contributed by atoms with van der Waals surface area (Å²) in [6.45, 7) is 4.30. The maximum atomic E-state index is 11.8. The van der Waals surface area contributed by atoms with Crippen LogP contribution in [-0.4, -0.2) is 17.0 Å². The van der Waals surface area contributed by atoms with Gasteiger partial charge >= 0.3 is 5.97 Å². The van der Waals surface area contributed by atoms with E-state index in [0.717, 1.165) is 12.1 Å². The van der Waals surface area contributed by atoms with Gasteiger partial charge in [-0.1, -0.05) is 26.0 Å². The molecule has 0 aliphatic heterocycles. The second-order valence-corrected chi connectivity index (χ2v) is 5.21. The number of benzene rings is 1. The molecule has 3 unspecified atom stereocenters. The molecule has 19 heavy (non-hydrogen) atoms. The fourth-order valence-corrected chi connectivity index (χ4v) is 2.12. The van der Waals surface area contributed by atoms with Gasteiger partial charge < -0.3 is 10.4 Å². The van der Waals surface area contributed by atoms with Crippen molar-refractivity contribution in [2.45, 2.75) is 32.6 Å². The van der Waals surface area contributed by atoms with Crippen LogP contribution in [0.3, 0.4) is 0 Å². The van der Waals surface area contributed by atoms with Crippen LogP contribution in [0.25, 0.3) is 0 Å². The van der Waals surface area contributed by atoms with E-state index in [9.17, 15) is 9.59 Å². The number of carbonyl (C=O) groups is 2. The Balaban J connectivity index is 1.93. The van der Waals surface area contributed by atoms with Gasteiger partial charge in [0.25, 0.3) is 0 Å². The molecule has 0 saturated heterocycles. The number of aliphatic carboxylic acids is 1. The van der Waals surface area contributed by atoms with Gasteiger partial charge in [-0.05, 0) is 36.5 Å². The molecule has 102 valence electrons. The summed E-state index contributed by atoms with van der Waals surface area (Å²) in [5.74, 6) is -1.44. The van der Waals surface area contributed by atoms with Gasteiger partial charge in [0, 0.05) is 5.69 Å². The maximum Gasteiger partial charge on any atom is 0.307 e. The molecule has 0 bridgehead atoms. The summed E-state index contributed by atoms with van der Waals surface area (Å²) in [5, 5.41) is 11.6. The van der Waals surface area contributed by atoms with E-state index in [1.165, 1.54) is 5.56 Å². The van der Waals surface area contributed by atoms with Crippen molar-refractivity contribution in [2.24, 2.45) is 11.8 Å². The van der Waals surface area contributed by atoms with Crippen LogP contribution in [0, 0.1) is 11.8 Å². The molecule has 1 amide bonds. The van der Waals surface area contributed by atoms with E-state index in [1.54, 1.807) is 0 Å². The first kappa shape index (κ1) is 13.6. The third kappa shape index (κ3) is 3.13. The molecule has 2 rings (SSSR count). The predicted molar refractivity (Wildman–Crippen MR) is 73.0 cm³/mol. The number of hydrogen-bond acceptors (Lipinski definition) is 2. The van der Waals surface area contributed by atoms with Crippen molar-refractivity contribution in [3.63, 3.8) is 0 Å². The fourth-order valence-electron chi connectivity index (χ4n) is 2.12. The smallest absolute Gasteiger partial charge is 0.307 e. The van der Waals surface area contributed by atoms with Crippen LogP contribution in [0.5, 0.6) is 0 Å². The molecule has 1 fully saturated rings. The summed E-state index contributed by atoms with van der Waals surface area (Å²) in [6, 6.07) is 7.76. The van der Waals surface area contributed by atoms with Crippen molar-refractivity contribution in [1.82, 2.24) is 0 Å². The number of carbonyl (C=O) groups excluding carboxylic acids is 1. The summed E-state index contributed by atoms with van der Waals surface area (Å²) in [5.41, 5.74) is 1.98. The minimum Gasteiger partial charge on any atom is -0.481 e. The molecule has 2 N–H and O–H groups in total. The lowest BCUT2D eigenvalue weighted by atomic mass is 9.99. The molecule has 1 aromatic carbocycles. The van der Waals surface area contributed by atoms with Gasteiger partial charge in [-0.3, -0.25) is 9.59 Å². The van der Waals surface area contributed by atoms with Crippen molar-refractivity contribution in [1.29, 1.82) is 0 Å². The van der Waals surface area contributed by atoms with Crippen molar-refractivity contribution in [3.05, 3.63) is 29.8 Å². The number of nitrogens with one attached hydrogen (secondary N) is 1. The summed E-state index contributed by atoms with van der Waals surface area (Å²) in [7, 11) is 0. The second kappa shape index (κ2) is 5.43. The Morgan fingerprint density at radius 2 is 1.95 bits per heavy atom. The Morgan fingerprint density at radius 3 is 2.42 bits per heavy atom. The van der Waals surface area contributed by atoms with Gasteiger partial charge in [-0.25, -0.2) is 0 Å². The molecule has 0 heterocycles. The molecular formula is C15H19NO3. The second-order valence-electron chi connectivity index (χ2n) is 5.21. The number of carboxylic acid groups (broad SMARTS) is 1. The Labute approximate surface area is 112 Å². The molecule has 1 aliphatic rings. The van der Waals surface area contributed by atoms with E-state index in [0.29, 0.717) is 12.3 Å². The third-order valence-corrected chi connectivity index (χ3v) is 3.80. The lowest BCUT2D eigenvalue weighted by molar-refractivity contribution is -0.139. The van der Waals surface area contributed by atoms with Gasteiger partial charge in [-0.15, -0.1) is 0 Å². The summed E-state index contributed by atoms with van der Waals surface area (Å²) >= 11 is 0. The quantitative estimate of drug-likeness (QED) is 0.856. The highest BCUT2D eigenvalue weighted by Crippen LogP contribution is 2.39. The zero-order chi connectivity index (χ0) is 14.0. The minimum atomic E-state index is -0.882. The summed E-state index contributed by atoms with van der Waals surface area (Å²) < 4.78 is 0. The Morgan fingerprint density at radius 1 is 1.32 bits per heavy atom. The highest BCUT2D eigenvalue weighted by molar-refractivity contribution is 5.98. The first-order chi connectivity index (χ1) is 9.02. The van der Waals surface area contributed by atoms with E-state index < -0.39 is 11.9 Å². The van der Waals surface area contributed by atoms with Crippen LogP contribution in [0.1, 0.15) is 38.2 Å². The molecule has 1 aromatic rings. The first-order valence-corrected chi connectivity index (χ1v) is 6.66. The highest BCUT2D eigenvalue weighted by Gasteiger charge is 2.48. The van der Waals surface area contributed by atoms with Gasteiger partial charge in [0.15, 0.2) is 0 Å². The molecule has 4 nitrogen and oxygen atoms in total. The topological polar surface area (TPSA) is 66.4 Å². The number of amides is 1. The van der Waals surface area contributed by atoms with Crippen molar-refractivity contribution < 1.29 is 14.7 Å². The molecule has 0 spiro atoms. The minimum absolute atomic E-state index is 0.191. The monoisotopic (exact) mass is 261 g/mol. The van der Waals surface area contributed by atoms with Crippen LogP contribution in [-0.2, 0) is 9.59 Å². The Kier molecular flexibility index (Phi) is 3.88. The van der Waals surface area contributed by atoms with E-state index >= 15 is 0 Å². The number of carboxylic acids is 1. The van der Waals surface area contributed by atoms with E-state index in [-0.39, 0.29) is 11.8 Å². The maximum absolute atomic E-state index is 11.8. The third-order valence-electron chi connectivity index (χ3n) is 3.80. The van der Waals surface area contributed by atoms with E-state index in [1.807, 2.05) is 24.3 Å². The molecule has 1 saturated carbocycles. The first-order valence-electron chi connectivity index (χ1n) is 6.66. The molecule has 3 atom stereocenters. The van der Waals surface area contributed by atoms with Crippen LogP contribution in [0.15, 0.2) is 24.3 Å². The van der Waals surface area contributed by atoms with Crippen LogP contribution < -0.4 is 5.32 Å². The van der Waals surface area contributed by atoms with Crippen molar-refractivity contribution in [2.75, 3.05) is 5.32 Å². The average Bonchev–Trinajstić information content (AvgIpc) is 3.19.